The van der Waals surface area contributed by atoms with Gasteiger partial charge < -0.3 is 15.2 Å². The van der Waals surface area contributed by atoms with E-state index in [9.17, 15) is 18.3 Å². The molecule has 1 fully saturated rings. The maximum Gasteiger partial charge on any atom is 0.389 e. The molecule has 8 heteroatoms. The molecule has 24 heavy (non-hydrogen) atoms. The molecule has 1 aromatic rings. The first-order valence-electron chi connectivity index (χ1n) is 7.98. The minimum absolute atomic E-state index is 0.0215. The SMILES string of the molecule is CCOc1cc([C@H](CCC(F)(F)F)N2CCNCC2)cc(Br)c1O. The van der Waals surface area contributed by atoms with Crippen molar-refractivity contribution in [2.45, 2.75) is 32.0 Å². The summed E-state index contributed by atoms with van der Waals surface area (Å²) in [5.74, 6) is 0.254. The Kier molecular flexibility index (Phi) is 6.77. The highest BCUT2D eigenvalue weighted by molar-refractivity contribution is 9.10. The fourth-order valence-electron chi connectivity index (χ4n) is 2.91. The second-order valence-corrected chi connectivity index (χ2v) is 6.59. The van der Waals surface area contributed by atoms with Gasteiger partial charge in [0.25, 0.3) is 0 Å². The molecule has 0 saturated carbocycles. The summed E-state index contributed by atoms with van der Waals surface area (Å²) in [7, 11) is 0. The van der Waals surface area contributed by atoms with Crippen LogP contribution in [0.2, 0.25) is 0 Å². The number of nitrogens with zero attached hydrogens (tertiary/aromatic N) is 1. The second-order valence-electron chi connectivity index (χ2n) is 5.74. The van der Waals surface area contributed by atoms with Gasteiger partial charge in [0, 0.05) is 38.6 Å². The minimum atomic E-state index is -4.19. The lowest BCUT2D eigenvalue weighted by Crippen LogP contribution is -2.45. The van der Waals surface area contributed by atoms with Gasteiger partial charge in [-0.05, 0) is 47.0 Å². The van der Waals surface area contributed by atoms with Crippen LogP contribution in [0.4, 0.5) is 13.2 Å². The molecule has 1 aliphatic heterocycles. The van der Waals surface area contributed by atoms with Crippen molar-refractivity contribution in [2.24, 2.45) is 0 Å². The molecule has 0 unspecified atom stereocenters. The maximum absolute atomic E-state index is 12.7. The fourth-order valence-corrected chi connectivity index (χ4v) is 3.37. The summed E-state index contributed by atoms with van der Waals surface area (Å²) in [5, 5.41) is 13.2. The van der Waals surface area contributed by atoms with Crippen molar-refractivity contribution in [1.29, 1.82) is 0 Å². The number of hydrogen-bond donors (Lipinski definition) is 2. The Bertz CT molecular complexity index is 549. The summed E-state index contributed by atoms with van der Waals surface area (Å²) in [4.78, 5) is 2.05. The van der Waals surface area contributed by atoms with E-state index < -0.39 is 12.6 Å². The van der Waals surface area contributed by atoms with Crippen molar-refractivity contribution in [2.75, 3.05) is 32.8 Å². The topological polar surface area (TPSA) is 44.7 Å². The number of ether oxygens (including phenoxy) is 1. The zero-order valence-electron chi connectivity index (χ0n) is 13.5. The van der Waals surface area contributed by atoms with E-state index in [2.05, 4.69) is 26.1 Å². The molecule has 2 rings (SSSR count). The van der Waals surface area contributed by atoms with Crippen LogP contribution in [0.15, 0.2) is 16.6 Å². The summed E-state index contributed by atoms with van der Waals surface area (Å²) in [6.07, 6.45) is -5.06. The molecule has 1 aromatic carbocycles. The van der Waals surface area contributed by atoms with Crippen LogP contribution in [0.1, 0.15) is 31.4 Å². The first kappa shape index (κ1) is 19.3. The molecule has 2 N–H and O–H groups in total. The molecule has 0 aliphatic carbocycles. The average Bonchev–Trinajstić information content (AvgIpc) is 2.52. The Balaban J connectivity index is 2.30. The number of halogens is 4. The lowest BCUT2D eigenvalue weighted by Gasteiger charge is -2.35. The van der Waals surface area contributed by atoms with Gasteiger partial charge in [-0.1, -0.05) is 0 Å². The third-order valence-corrected chi connectivity index (χ3v) is 4.63. The molecule has 0 aromatic heterocycles. The predicted molar refractivity (Wildman–Crippen MR) is 89.4 cm³/mol. The van der Waals surface area contributed by atoms with Gasteiger partial charge in [-0.25, -0.2) is 0 Å². The van der Waals surface area contributed by atoms with Crippen LogP contribution < -0.4 is 10.1 Å². The lowest BCUT2D eigenvalue weighted by molar-refractivity contribution is -0.138. The molecule has 1 aliphatic rings. The van der Waals surface area contributed by atoms with E-state index in [0.717, 1.165) is 13.1 Å². The van der Waals surface area contributed by atoms with Crippen molar-refractivity contribution >= 4 is 15.9 Å². The monoisotopic (exact) mass is 410 g/mol. The largest absolute Gasteiger partial charge is 0.503 e. The molecule has 1 saturated heterocycles. The van der Waals surface area contributed by atoms with Crippen LogP contribution in [0.5, 0.6) is 11.5 Å². The number of phenolic OH excluding ortho intramolecular Hbond substituents is 1. The van der Waals surface area contributed by atoms with Gasteiger partial charge in [-0.3, -0.25) is 4.90 Å². The Hall–Kier alpha value is -0.990. The van der Waals surface area contributed by atoms with Gasteiger partial charge in [-0.15, -0.1) is 0 Å². The van der Waals surface area contributed by atoms with Crippen LogP contribution >= 0.6 is 15.9 Å². The smallest absolute Gasteiger partial charge is 0.389 e. The number of hydrogen-bond acceptors (Lipinski definition) is 4. The highest BCUT2D eigenvalue weighted by atomic mass is 79.9. The zero-order chi connectivity index (χ0) is 17.7. The number of alkyl halides is 3. The first-order chi connectivity index (χ1) is 11.3. The van der Waals surface area contributed by atoms with Crippen molar-refractivity contribution < 1.29 is 23.0 Å². The third-order valence-electron chi connectivity index (χ3n) is 4.03. The normalized spacial score (nSPS) is 17.7. The van der Waals surface area contributed by atoms with Crippen LogP contribution in [-0.4, -0.2) is 49.0 Å². The van der Waals surface area contributed by atoms with Crippen LogP contribution in [-0.2, 0) is 0 Å². The van der Waals surface area contributed by atoms with Gasteiger partial charge in [0.1, 0.15) is 0 Å². The Labute approximate surface area is 148 Å². The summed E-state index contributed by atoms with van der Waals surface area (Å²) in [6, 6.07) is 2.96. The summed E-state index contributed by atoms with van der Waals surface area (Å²) < 4.78 is 44.0. The molecular formula is C16H22BrF3N2O2. The van der Waals surface area contributed by atoms with Gasteiger partial charge in [0.2, 0.25) is 0 Å². The molecular weight excluding hydrogens is 389 g/mol. The van der Waals surface area contributed by atoms with Crippen molar-refractivity contribution in [3.8, 4) is 11.5 Å². The number of phenols is 1. The number of piperazine rings is 1. The Morgan fingerprint density at radius 2 is 2.00 bits per heavy atom. The Morgan fingerprint density at radius 3 is 2.58 bits per heavy atom. The standard InChI is InChI=1S/C16H22BrF3N2O2/c1-2-24-14-10-11(9-12(17)15(14)23)13(3-4-16(18,19)20)22-7-5-21-6-8-22/h9-10,13,21,23H,2-8H2,1H3/t13-/m0/s1. The highest BCUT2D eigenvalue weighted by Gasteiger charge is 2.32. The third kappa shape index (κ3) is 5.26. The maximum atomic E-state index is 12.7. The van der Waals surface area contributed by atoms with Gasteiger partial charge in [0.15, 0.2) is 11.5 Å². The van der Waals surface area contributed by atoms with E-state index in [-0.39, 0.29) is 24.0 Å². The van der Waals surface area contributed by atoms with E-state index in [1.54, 1.807) is 19.1 Å². The van der Waals surface area contributed by atoms with E-state index in [1.807, 2.05) is 0 Å². The molecule has 0 spiro atoms. The van der Waals surface area contributed by atoms with E-state index in [1.165, 1.54) is 0 Å². The molecule has 4 nitrogen and oxygen atoms in total. The highest BCUT2D eigenvalue weighted by Crippen LogP contribution is 2.40. The molecule has 0 amide bonds. The quantitative estimate of drug-likeness (QED) is 0.747. The molecule has 1 heterocycles. The molecule has 136 valence electrons. The van der Waals surface area contributed by atoms with Crippen LogP contribution in [0.25, 0.3) is 0 Å². The van der Waals surface area contributed by atoms with Crippen molar-refractivity contribution in [3.05, 3.63) is 22.2 Å². The molecule has 1 atom stereocenters. The average molecular weight is 411 g/mol. The fraction of sp³-hybridized carbons (Fsp3) is 0.625. The number of benzene rings is 1. The van der Waals surface area contributed by atoms with Crippen LogP contribution in [0.3, 0.4) is 0 Å². The predicted octanol–water partition coefficient (Wildman–Crippen LogP) is 3.84. The summed E-state index contributed by atoms with van der Waals surface area (Å²) >= 11 is 3.27. The van der Waals surface area contributed by atoms with E-state index in [4.69, 9.17) is 4.74 Å². The van der Waals surface area contributed by atoms with Crippen LogP contribution in [0, 0.1) is 0 Å². The molecule has 0 radical (unpaired) electrons. The Morgan fingerprint density at radius 1 is 1.33 bits per heavy atom. The number of aromatic hydroxyl groups is 1. The molecule has 0 bridgehead atoms. The summed E-state index contributed by atoms with van der Waals surface area (Å²) in [6.45, 7) is 5.03. The lowest BCUT2D eigenvalue weighted by atomic mass is 9.98. The van der Waals surface area contributed by atoms with Gasteiger partial charge in [-0.2, -0.15) is 13.2 Å². The summed E-state index contributed by atoms with van der Waals surface area (Å²) in [5.41, 5.74) is 0.717. The number of nitrogens with one attached hydrogen (secondary N) is 1. The van der Waals surface area contributed by atoms with E-state index >= 15 is 0 Å². The second kappa shape index (κ2) is 8.40. The van der Waals surface area contributed by atoms with E-state index in [0.29, 0.717) is 29.7 Å². The zero-order valence-corrected chi connectivity index (χ0v) is 15.1. The minimum Gasteiger partial charge on any atom is -0.503 e. The van der Waals surface area contributed by atoms with Gasteiger partial charge >= 0.3 is 6.18 Å². The van der Waals surface area contributed by atoms with Crippen molar-refractivity contribution in [1.82, 2.24) is 10.2 Å². The van der Waals surface area contributed by atoms with Crippen molar-refractivity contribution in [3.63, 3.8) is 0 Å². The van der Waals surface area contributed by atoms with Gasteiger partial charge in [0.05, 0.1) is 11.1 Å². The number of rotatable bonds is 6. The first-order valence-corrected chi connectivity index (χ1v) is 8.78.